The SMILES string of the molecule is Cc1ccc(S(=O)(=O)N[C@@H](CC(C)C)C(=O)N(C)C)c(Cl)c1. The van der Waals surface area contributed by atoms with Gasteiger partial charge in [0.05, 0.1) is 5.02 Å². The van der Waals surface area contributed by atoms with Gasteiger partial charge in [0.15, 0.2) is 0 Å². The molecule has 1 N–H and O–H groups in total. The summed E-state index contributed by atoms with van der Waals surface area (Å²) in [4.78, 5) is 13.6. The van der Waals surface area contributed by atoms with Gasteiger partial charge in [-0.1, -0.05) is 31.5 Å². The highest BCUT2D eigenvalue weighted by molar-refractivity contribution is 7.89. The second kappa shape index (κ2) is 7.44. The second-order valence-corrected chi connectivity index (χ2v) is 8.06. The summed E-state index contributed by atoms with van der Waals surface area (Å²) in [6.07, 6.45) is 0.416. The minimum absolute atomic E-state index is 0.0138. The molecule has 7 heteroatoms. The number of hydrogen-bond donors (Lipinski definition) is 1. The topological polar surface area (TPSA) is 66.5 Å². The molecule has 0 radical (unpaired) electrons. The van der Waals surface area contributed by atoms with Gasteiger partial charge in [-0.15, -0.1) is 0 Å². The van der Waals surface area contributed by atoms with E-state index in [2.05, 4.69) is 4.72 Å². The number of likely N-dealkylation sites (N-methyl/N-ethyl adjacent to an activating group) is 1. The molecule has 0 aliphatic heterocycles. The molecule has 0 heterocycles. The molecule has 0 aliphatic rings. The monoisotopic (exact) mass is 346 g/mol. The maximum atomic E-state index is 12.5. The Morgan fingerprint density at radius 1 is 1.32 bits per heavy atom. The quantitative estimate of drug-likeness (QED) is 0.860. The standard InChI is InChI=1S/C15H23ClN2O3S/c1-10(2)8-13(15(19)18(4)5)17-22(20,21)14-7-6-11(3)9-12(14)16/h6-7,9-10,13,17H,8H2,1-5H3/t13-/m0/s1. The second-order valence-electron chi connectivity index (χ2n) is 5.97. The Kier molecular flexibility index (Phi) is 6.40. The van der Waals surface area contributed by atoms with Gasteiger partial charge < -0.3 is 4.90 Å². The summed E-state index contributed by atoms with van der Waals surface area (Å²) in [5.41, 5.74) is 0.868. The fourth-order valence-corrected chi connectivity index (χ4v) is 3.86. The van der Waals surface area contributed by atoms with E-state index in [-0.39, 0.29) is 21.7 Å². The average Bonchev–Trinajstić information content (AvgIpc) is 2.35. The van der Waals surface area contributed by atoms with E-state index in [1.807, 2.05) is 20.8 Å². The first-order valence-corrected chi connectivity index (χ1v) is 8.90. The number of benzene rings is 1. The molecule has 1 aromatic carbocycles. The molecule has 0 aromatic heterocycles. The van der Waals surface area contributed by atoms with E-state index in [1.165, 1.54) is 11.0 Å². The van der Waals surface area contributed by atoms with Crippen molar-refractivity contribution in [3.05, 3.63) is 28.8 Å². The van der Waals surface area contributed by atoms with Crippen molar-refractivity contribution in [3.8, 4) is 0 Å². The van der Waals surface area contributed by atoms with Crippen LogP contribution in [0.15, 0.2) is 23.1 Å². The number of carbonyl (C=O) groups excluding carboxylic acids is 1. The molecular formula is C15H23ClN2O3S. The van der Waals surface area contributed by atoms with E-state index in [0.717, 1.165) is 5.56 Å². The van der Waals surface area contributed by atoms with Crippen LogP contribution in [0.3, 0.4) is 0 Å². The number of nitrogens with zero attached hydrogens (tertiary/aromatic N) is 1. The summed E-state index contributed by atoms with van der Waals surface area (Å²) in [5, 5.41) is 0.146. The van der Waals surface area contributed by atoms with Crippen molar-refractivity contribution in [2.45, 2.75) is 38.1 Å². The molecular weight excluding hydrogens is 324 g/mol. The van der Waals surface area contributed by atoms with Crippen LogP contribution >= 0.6 is 11.6 Å². The zero-order valence-corrected chi connectivity index (χ0v) is 15.1. The summed E-state index contributed by atoms with van der Waals surface area (Å²) in [5.74, 6) is -0.106. The summed E-state index contributed by atoms with van der Waals surface area (Å²) < 4.78 is 27.5. The Balaban J connectivity index is 3.12. The Bertz CT molecular complexity index is 642. The molecule has 0 spiro atoms. The molecule has 0 saturated carbocycles. The Hall–Kier alpha value is -1.11. The van der Waals surface area contributed by atoms with E-state index in [1.54, 1.807) is 26.2 Å². The third kappa shape index (κ3) is 4.97. The highest BCUT2D eigenvalue weighted by atomic mass is 35.5. The zero-order chi connectivity index (χ0) is 17.1. The van der Waals surface area contributed by atoms with Gasteiger partial charge in [0.1, 0.15) is 10.9 Å². The molecule has 0 fully saturated rings. The molecule has 124 valence electrons. The van der Waals surface area contributed by atoms with Crippen LogP contribution in [0.1, 0.15) is 25.8 Å². The van der Waals surface area contributed by atoms with E-state index in [0.29, 0.717) is 6.42 Å². The van der Waals surface area contributed by atoms with Crippen LogP contribution in [0.5, 0.6) is 0 Å². The number of hydrogen-bond acceptors (Lipinski definition) is 3. The van der Waals surface area contributed by atoms with Crippen molar-refractivity contribution in [3.63, 3.8) is 0 Å². The summed E-state index contributed by atoms with van der Waals surface area (Å²) in [6.45, 7) is 5.69. The summed E-state index contributed by atoms with van der Waals surface area (Å²) in [6, 6.07) is 3.90. The number of sulfonamides is 1. The molecule has 0 unspecified atom stereocenters. The molecule has 1 rings (SSSR count). The number of aryl methyl sites for hydroxylation is 1. The Morgan fingerprint density at radius 2 is 1.91 bits per heavy atom. The molecule has 0 saturated heterocycles. The van der Waals surface area contributed by atoms with E-state index in [4.69, 9.17) is 11.6 Å². The molecule has 0 aliphatic carbocycles. The predicted molar refractivity (Wildman–Crippen MR) is 88.4 cm³/mol. The first kappa shape index (κ1) is 18.9. The lowest BCUT2D eigenvalue weighted by Gasteiger charge is -2.23. The lowest BCUT2D eigenvalue weighted by atomic mass is 10.0. The minimum Gasteiger partial charge on any atom is -0.347 e. The van der Waals surface area contributed by atoms with Gasteiger partial charge in [0.25, 0.3) is 0 Å². The zero-order valence-electron chi connectivity index (χ0n) is 13.6. The third-order valence-electron chi connectivity index (χ3n) is 3.12. The van der Waals surface area contributed by atoms with Crippen LogP contribution in [-0.4, -0.2) is 39.4 Å². The average molecular weight is 347 g/mol. The van der Waals surface area contributed by atoms with Gasteiger partial charge in [-0.05, 0) is 37.0 Å². The number of carbonyl (C=O) groups is 1. The van der Waals surface area contributed by atoms with Crippen molar-refractivity contribution in [2.75, 3.05) is 14.1 Å². The molecule has 0 bridgehead atoms. The van der Waals surface area contributed by atoms with Crippen LogP contribution in [0, 0.1) is 12.8 Å². The van der Waals surface area contributed by atoms with Crippen molar-refractivity contribution >= 4 is 27.5 Å². The Morgan fingerprint density at radius 3 is 2.36 bits per heavy atom. The van der Waals surface area contributed by atoms with E-state index < -0.39 is 16.1 Å². The van der Waals surface area contributed by atoms with Crippen LogP contribution in [0.2, 0.25) is 5.02 Å². The molecule has 1 atom stereocenters. The smallest absolute Gasteiger partial charge is 0.242 e. The highest BCUT2D eigenvalue weighted by Gasteiger charge is 2.28. The Labute approximate surface area is 137 Å². The van der Waals surface area contributed by atoms with Crippen LogP contribution < -0.4 is 4.72 Å². The van der Waals surface area contributed by atoms with Gasteiger partial charge in [-0.25, -0.2) is 8.42 Å². The van der Waals surface area contributed by atoms with Gasteiger partial charge in [0, 0.05) is 14.1 Å². The maximum Gasteiger partial charge on any atom is 0.242 e. The molecule has 22 heavy (non-hydrogen) atoms. The molecule has 1 aromatic rings. The first-order chi connectivity index (χ1) is 10.0. The molecule has 5 nitrogen and oxygen atoms in total. The number of rotatable bonds is 6. The third-order valence-corrected chi connectivity index (χ3v) is 5.07. The highest BCUT2D eigenvalue weighted by Crippen LogP contribution is 2.23. The lowest BCUT2D eigenvalue weighted by Crippen LogP contribution is -2.46. The maximum absolute atomic E-state index is 12.5. The van der Waals surface area contributed by atoms with Crippen LogP contribution in [0.4, 0.5) is 0 Å². The van der Waals surface area contributed by atoms with E-state index in [9.17, 15) is 13.2 Å². The van der Waals surface area contributed by atoms with Crippen molar-refractivity contribution in [1.82, 2.24) is 9.62 Å². The van der Waals surface area contributed by atoms with Gasteiger partial charge in [0.2, 0.25) is 15.9 Å². The number of nitrogens with one attached hydrogen (secondary N) is 1. The van der Waals surface area contributed by atoms with E-state index >= 15 is 0 Å². The van der Waals surface area contributed by atoms with Crippen molar-refractivity contribution in [1.29, 1.82) is 0 Å². The summed E-state index contributed by atoms with van der Waals surface area (Å²) >= 11 is 6.03. The number of amides is 1. The van der Waals surface area contributed by atoms with Gasteiger partial charge in [-0.3, -0.25) is 4.79 Å². The van der Waals surface area contributed by atoms with Crippen molar-refractivity contribution in [2.24, 2.45) is 5.92 Å². The summed E-state index contributed by atoms with van der Waals surface area (Å²) in [7, 11) is -0.661. The number of halogens is 1. The van der Waals surface area contributed by atoms with Gasteiger partial charge in [-0.2, -0.15) is 4.72 Å². The fraction of sp³-hybridized carbons (Fsp3) is 0.533. The lowest BCUT2D eigenvalue weighted by molar-refractivity contribution is -0.130. The largest absolute Gasteiger partial charge is 0.347 e. The van der Waals surface area contributed by atoms with Crippen LogP contribution in [-0.2, 0) is 14.8 Å². The minimum atomic E-state index is -3.86. The molecule has 1 amide bonds. The predicted octanol–water partition coefficient (Wildman–Crippen LogP) is 2.43. The van der Waals surface area contributed by atoms with Gasteiger partial charge >= 0.3 is 0 Å². The normalized spacial score (nSPS) is 13.2. The van der Waals surface area contributed by atoms with Crippen molar-refractivity contribution < 1.29 is 13.2 Å². The first-order valence-electron chi connectivity index (χ1n) is 7.04. The fourth-order valence-electron chi connectivity index (χ4n) is 2.06. The van der Waals surface area contributed by atoms with Crippen LogP contribution in [0.25, 0.3) is 0 Å².